The highest BCUT2D eigenvalue weighted by molar-refractivity contribution is 5.51. The molecule has 0 spiro atoms. The van der Waals surface area contributed by atoms with Crippen LogP contribution in [0.1, 0.15) is 25.5 Å². The van der Waals surface area contributed by atoms with Gasteiger partial charge in [0.25, 0.3) is 0 Å². The molecular formula is C17H21NO2. The van der Waals surface area contributed by atoms with Crippen molar-refractivity contribution in [3.63, 3.8) is 0 Å². The Labute approximate surface area is 120 Å². The summed E-state index contributed by atoms with van der Waals surface area (Å²) >= 11 is 0. The third-order valence-electron chi connectivity index (χ3n) is 3.13. The molecule has 106 valence electrons. The lowest BCUT2D eigenvalue weighted by atomic mass is 10.1. The molecule has 0 fully saturated rings. The highest BCUT2D eigenvalue weighted by Crippen LogP contribution is 2.28. The number of rotatable bonds is 6. The largest absolute Gasteiger partial charge is 0.496 e. The van der Waals surface area contributed by atoms with Crippen molar-refractivity contribution in [2.24, 2.45) is 0 Å². The number of para-hydroxylation sites is 1. The van der Waals surface area contributed by atoms with Gasteiger partial charge in [-0.25, -0.2) is 0 Å². The summed E-state index contributed by atoms with van der Waals surface area (Å²) in [5, 5.41) is 3.47. The molecule has 0 saturated carbocycles. The summed E-state index contributed by atoms with van der Waals surface area (Å²) in [5.74, 6) is 1.78. The molecule has 0 radical (unpaired) electrons. The van der Waals surface area contributed by atoms with Gasteiger partial charge in [0.15, 0.2) is 0 Å². The summed E-state index contributed by atoms with van der Waals surface area (Å²) in [4.78, 5) is 0. The fraction of sp³-hybridized carbons (Fsp3) is 0.294. The van der Waals surface area contributed by atoms with Gasteiger partial charge in [0.1, 0.15) is 11.5 Å². The number of benzene rings is 2. The second-order valence-electron chi connectivity index (χ2n) is 4.57. The molecule has 0 saturated heterocycles. The number of hydrogen-bond donors (Lipinski definition) is 1. The van der Waals surface area contributed by atoms with Crippen molar-refractivity contribution in [2.45, 2.75) is 19.9 Å². The maximum absolute atomic E-state index is 5.51. The van der Waals surface area contributed by atoms with E-state index in [1.165, 1.54) is 0 Å². The number of ether oxygens (including phenoxy) is 2. The van der Waals surface area contributed by atoms with Gasteiger partial charge in [0, 0.05) is 17.3 Å². The second-order valence-corrected chi connectivity index (χ2v) is 4.57. The Kier molecular flexibility index (Phi) is 4.88. The Balaban J connectivity index is 2.14. The molecule has 1 atom stereocenters. The maximum Gasteiger partial charge on any atom is 0.124 e. The Bertz CT molecular complexity index is 554. The first-order chi connectivity index (χ1) is 9.74. The molecule has 0 bridgehead atoms. The van der Waals surface area contributed by atoms with Gasteiger partial charge in [0.2, 0.25) is 0 Å². The average molecular weight is 271 g/mol. The van der Waals surface area contributed by atoms with Crippen LogP contribution in [-0.2, 0) is 0 Å². The van der Waals surface area contributed by atoms with Gasteiger partial charge < -0.3 is 14.8 Å². The van der Waals surface area contributed by atoms with E-state index in [0.29, 0.717) is 6.61 Å². The van der Waals surface area contributed by atoms with E-state index in [4.69, 9.17) is 9.47 Å². The molecule has 1 N–H and O–H groups in total. The first-order valence-corrected chi connectivity index (χ1v) is 6.87. The van der Waals surface area contributed by atoms with Crippen LogP contribution in [0.15, 0.2) is 48.5 Å². The number of methoxy groups -OCH3 is 1. The first kappa shape index (κ1) is 14.3. The lowest BCUT2D eigenvalue weighted by molar-refractivity contribution is 0.340. The first-order valence-electron chi connectivity index (χ1n) is 6.87. The van der Waals surface area contributed by atoms with Gasteiger partial charge in [0.05, 0.1) is 19.8 Å². The fourth-order valence-corrected chi connectivity index (χ4v) is 2.19. The van der Waals surface area contributed by atoms with Crippen molar-refractivity contribution in [2.75, 3.05) is 19.0 Å². The summed E-state index contributed by atoms with van der Waals surface area (Å²) < 4.78 is 10.9. The van der Waals surface area contributed by atoms with E-state index in [1.807, 2.05) is 49.4 Å². The van der Waals surface area contributed by atoms with E-state index in [2.05, 4.69) is 18.3 Å². The Morgan fingerprint density at radius 1 is 1.10 bits per heavy atom. The van der Waals surface area contributed by atoms with Crippen LogP contribution in [0.5, 0.6) is 11.5 Å². The van der Waals surface area contributed by atoms with E-state index in [9.17, 15) is 0 Å². The zero-order chi connectivity index (χ0) is 14.4. The Morgan fingerprint density at radius 2 is 1.90 bits per heavy atom. The second kappa shape index (κ2) is 6.85. The standard InChI is InChI=1S/C17H21NO2/c1-4-20-15-9-7-8-14(12-15)18-13(2)16-10-5-6-11-17(16)19-3/h5-13,18H,4H2,1-3H3. The minimum atomic E-state index is 0.156. The summed E-state index contributed by atoms with van der Waals surface area (Å²) in [6, 6.07) is 16.2. The summed E-state index contributed by atoms with van der Waals surface area (Å²) in [6.07, 6.45) is 0. The summed E-state index contributed by atoms with van der Waals surface area (Å²) in [7, 11) is 1.70. The van der Waals surface area contributed by atoms with Crippen molar-refractivity contribution >= 4 is 5.69 Å². The number of hydrogen-bond acceptors (Lipinski definition) is 3. The number of anilines is 1. The zero-order valence-corrected chi connectivity index (χ0v) is 12.2. The predicted octanol–water partition coefficient (Wildman–Crippen LogP) is 4.27. The van der Waals surface area contributed by atoms with Crippen molar-refractivity contribution in [3.8, 4) is 11.5 Å². The fourth-order valence-electron chi connectivity index (χ4n) is 2.19. The molecule has 0 aliphatic heterocycles. The van der Waals surface area contributed by atoms with Crippen LogP contribution >= 0.6 is 0 Å². The monoisotopic (exact) mass is 271 g/mol. The van der Waals surface area contributed by atoms with Gasteiger partial charge in [-0.3, -0.25) is 0 Å². The van der Waals surface area contributed by atoms with Crippen LogP contribution in [0.4, 0.5) is 5.69 Å². The minimum Gasteiger partial charge on any atom is -0.496 e. The molecule has 3 nitrogen and oxygen atoms in total. The maximum atomic E-state index is 5.51. The average Bonchev–Trinajstić information content (AvgIpc) is 2.48. The van der Waals surface area contributed by atoms with E-state index in [-0.39, 0.29) is 6.04 Å². The SMILES string of the molecule is CCOc1cccc(NC(C)c2ccccc2OC)c1. The quantitative estimate of drug-likeness (QED) is 0.851. The molecule has 1 unspecified atom stereocenters. The van der Waals surface area contributed by atoms with Crippen molar-refractivity contribution < 1.29 is 9.47 Å². The molecule has 2 rings (SSSR count). The topological polar surface area (TPSA) is 30.5 Å². The molecule has 0 heterocycles. The van der Waals surface area contributed by atoms with Crippen molar-refractivity contribution in [1.82, 2.24) is 0 Å². The number of nitrogens with one attached hydrogen (secondary N) is 1. The lowest BCUT2D eigenvalue weighted by Crippen LogP contribution is -2.08. The summed E-state index contributed by atoms with van der Waals surface area (Å²) in [6.45, 7) is 4.77. The van der Waals surface area contributed by atoms with Gasteiger partial charge in [-0.05, 0) is 32.0 Å². The lowest BCUT2D eigenvalue weighted by Gasteiger charge is -2.18. The molecule has 20 heavy (non-hydrogen) atoms. The molecule has 0 aliphatic carbocycles. The van der Waals surface area contributed by atoms with Crippen LogP contribution < -0.4 is 14.8 Å². The third kappa shape index (κ3) is 3.44. The van der Waals surface area contributed by atoms with E-state index in [0.717, 1.165) is 22.7 Å². The Morgan fingerprint density at radius 3 is 2.65 bits per heavy atom. The zero-order valence-electron chi connectivity index (χ0n) is 12.2. The van der Waals surface area contributed by atoms with Crippen LogP contribution in [0.25, 0.3) is 0 Å². The van der Waals surface area contributed by atoms with Crippen LogP contribution in [0, 0.1) is 0 Å². The Hall–Kier alpha value is -2.16. The minimum absolute atomic E-state index is 0.156. The molecule has 3 heteroatoms. The smallest absolute Gasteiger partial charge is 0.124 e. The van der Waals surface area contributed by atoms with E-state index >= 15 is 0 Å². The highest BCUT2D eigenvalue weighted by atomic mass is 16.5. The van der Waals surface area contributed by atoms with Crippen LogP contribution in [0.2, 0.25) is 0 Å². The van der Waals surface area contributed by atoms with Gasteiger partial charge in [-0.1, -0.05) is 24.3 Å². The molecule has 2 aromatic rings. The van der Waals surface area contributed by atoms with Crippen molar-refractivity contribution in [3.05, 3.63) is 54.1 Å². The van der Waals surface area contributed by atoms with Gasteiger partial charge in [-0.2, -0.15) is 0 Å². The molecule has 0 amide bonds. The highest BCUT2D eigenvalue weighted by Gasteiger charge is 2.10. The van der Waals surface area contributed by atoms with Crippen molar-refractivity contribution in [1.29, 1.82) is 0 Å². The molecule has 0 aromatic heterocycles. The summed E-state index contributed by atoms with van der Waals surface area (Å²) in [5.41, 5.74) is 2.17. The normalized spacial score (nSPS) is 11.8. The van der Waals surface area contributed by atoms with Crippen LogP contribution in [0.3, 0.4) is 0 Å². The third-order valence-corrected chi connectivity index (χ3v) is 3.13. The van der Waals surface area contributed by atoms with E-state index < -0.39 is 0 Å². The molecule has 0 aliphatic rings. The van der Waals surface area contributed by atoms with Gasteiger partial charge >= 0.3 is 0 Å². The molecule has 2 aromatic carbocycles. The molecular weight excluding hydrogens is 250 g/mol. The van der Waals surface area contributed by atoms with Crippen LogP contribution in [-0.4, -0.2) is 13.7 Å². The predicted molar refractivity (Wildman–Crippen MR) is 82.6 cm³/mol. The van der Waals surface area contributed by atoms with E-state index in [1.54, 1.807) is 7.11 Å². The van der Waals surface area contributed by atoms with Gasteiger partial charge in [-0.15, -0.1) is 0 Å².